The van der Waals surface area contributed by atoms with E-state index in [4.69, 9.17) is 5.11 Å². The van der Waals surface area contributed by atoms with Gasteiger partial charge in [-0.05, 0) is 6.42 Å². The molecule has 1 aliphatic carbocycles. The lowest BCUT2D eigenvalue weighted by atomic mass is 10.1. The summed E-state index contributed by atoms with van der Waals surface area (Å²) in [6.45, 7) is 0. The third-order valence-corrected chi connectivity index (χ3v) is 1.72. The Morgan fingerprint density at radius 2 is 2.00 bits per heavy atom. The van der Waals surface area contributed by atoms with E-state index >= 15 is 0 Å². The third kappa shape index (κ3) is 1.48. The SMILES string of the molecule is CN(C)C1=CCCC(O)=C1O. The van der Waals surface area contributed by atoms with Gasteiger partial charge in [0, 0.05) is 20.5 Å². The predicted molar refractivity (Wildman–Crippen MR) is 43.3 cm³/mol. The molecule has 0 aromatic carbocycles. The number of likely N-dealkylation sites (N-methyl/N-ethyl adjacent to an activating group) is 1. The summed E-state index contributed by atoms with van der Waals surface area (Å²) in [5.41, 5.74) is 0.703. The zero-order chi connectivity index (χ0) is 8.43. The van der Waals surface area contributed by atoms with Crippen LogP contribution in [0.5, 0.6) is 0 Å². The van der Waals surface area contributed by atoms with Crippen molar-refractivity contribution in [2.24, 2.45) is 0 Å². The van der Waals surface area contributed by atoms with E-state index in [0.717, 1.165) is 6.42 Å². The largest absolute Gasteiger partial charge is 0.508 e. The first-order chi connectivity index (χ1) is 5.13. The summed E-state index contributed by atoms with van der Waals surface area (Å²) in [7, 11) is 3.67. The molecule has 1 aliphatic rings. The van der Waals surface area contributed by atoms with Crippen LogP contribution in [-0.4, -0.2) is 29.2 Å². The maximum Gasteiger partial charge on any atom is 0.176 e. The van der Waals surface area contributed by atoms with Gasteiger partial charge in [-0.1, -0.05) is 6.08 Å². The fourth-order valence-electron chi connectivity index (χ4n) is 1.10. The van der Waals surface area contributed by atoms with E-state index in [1.165, 1.54) is 0 Å². The Kier molecular flexibility index (Phi) is 2.08. The average Bonchev–Trinajstić information content (AvgIpc) is 1.94. The van der Waals surface area contributed by atoms with Crippen LogP contribution in [0.2, 0.25) is 0 Å². The van der Waals surface area contributed by atoms with Crippen LogP contribution >= 0.6 is 0 Å². The van der Waals surface area contributed by atoms with E-state index in [9.17, 15) is 5.11 Å². The number of rotatable bonds is 1. The molecule has 0 aromatic heterocycles. The first-order valence-corrected chi connectivity index (χ1v) is 3.62. The molecule has 0 saturated heterocycles. The average molecular weight is 155 g/mol. The number of hydrogen-bond acceptors (Lipinski definition) is 3. The molecule has 0 heterocycles. The first-order valence-electron chi connectivity index (χ1n) is 3.62. The van der Waals surface area contributed by atoms with Gasteiger partial charge in [0.2, 0.25) is 0 Å². The molecular formula is C8H13NO2. The zero-order valence-electron chi connectivity index (χ0n) is 6.83. The summed E-state index contributed by atoms with van der Waals surface area (Å²) in [4.78, 5) is 1.78. The van der Waals surface area contributed by atoms with Crippen molar-refractivity contribution in [2.45, 2.75) is 12.8 Å². The lowest BCUT2D eigenvalue weighted by Gasteiger charge is -2.20. The smallest absolute Gasteiger partial charge is 0.176 e. The summed E-state index contributed by atoms with van der Waals surface area (Å²) >= 11 is 0. The summed E-state index contributed by atoms with van der Waals surface area (Å²) in [5, 5.41) is 18.5. The van der Waals surface area contributed by atoms with E-state index in [2.05, 4.69) is 0 Å². The van der Waals surface area contributed by atoms with Crippen LogP contribution < -0.4 is 0 Å². The number of aliphatic hydroxyl groups excluding tert-OH is 2. The number of hydrogen-bond donors (Lipinski definition) is 2. The van der Waals surface area contributed by atoms with Gasteiger partial charge in [0.05, 0.1) is 5.70 Å². The lowest BCUT2D eigenvalue weighted by molar-refractivity contribution is 0.291. The second kappa shape index (κ2) is 2.86. The summed E-state index contributed by atoms with van der Waals surface area (Å²) in [6, 6.07) is 0. The van der Waals surface area contributed by atoms with Gasteiger partial charge >= 0.3 is 0 Å². The fourth-order valence-corrected chi connectivity index (χ4v) is 1.10. The van der Waals surface area contributed by atoms with Crippen molar-refractivity contribution in [3.8, 4) is 0 Å². The molecule has 62 valence electrons. The molecular weight excluding hydrogens is 142 g/mol. The van der Waals surface area contributed by atoms with E-state index < -0.39 is 0 Å². The van der Waals surface area contributed by atoms with Gasteiger partial charge in [0.25, 0.3) is 0 Å². The summed E-state index contributed by atoms with van der Waals surface area (Å²) in [6.07, 6.45) is 3.25. The Hall–Kier alpha value is -1.12. The van der Waals surface area contributed by atoms with Crippen LogP contribution in [0, 0.1) is 0 Å². The van der Waals surface area contributed by atoms with Crippen LogP contribution in [0.25, 0.3) is 0 Å². The highest BCUT2D eigenvalue weighted by Gasteiger charge is 2.15. The molecule has 0 unspecified atom stereocenters. The molecule has 0 saturated carbocycles. The maximum absolute atomic E-state index is 9.33. The molecule has 0 aliphatic heterocycles. The standard InChI is InChI=1S/C8H13NO2/c1-9(2)6-4-3-5-7(10)8(6)11/h4,10-11H,3,5H2,1-2H3. The van der Waals surface area contributed by atoms with Gasteiger partial charge in [-0.2, -0.15) is 0 Å². The zero-order valence-corrected chi connectivity index (χ0v) is 6.83. The topological polar surface area (TPSA) is 43.7 Å². The van der Waals surface area contributed by atoms with Crippen molar-refractivity contribution in [1.82, 2.24) is 4.90 Å². The Morgan fingerprint density at radius 1 is 1.36 bits per heavy atom. The normalized spacial score (nSPS) is 18.2. The fraction of sp³-hybridized carbons (Fsp3) is 0.500. The minimum atomic E-state index is 0.0150. The molecule has 1 rings (SSSR count). The van der Waals surface area contributed by atoms with Crippen LogP contribution in [0.15, 0.2) is 23.3 Å². The quantitative estimate of drug-likeness (QED) is 0.603. The molecule has 0 spiro atoms. The minimum absolute atomic E-state index is 0.0150. The number of aliphatic hydroxyl groups is 2. The van der Waals surface area contributed by atoms with Crippen molar-refractivity contribution < 1.29 is 10.2 Å². The Morgan fingerprint density at radius 3 is 2.45 bits per heavy atom. The van der Waals surface area contributed by atoms with Gasteiger partial charge in [0.15, 0.2) is 5.76 Å². The van der Waals surface area contributed by atoms with Crippen molar-refractivity contribution in [1.29, 1.82) is 0 Å². The van der Waals surface area contributed by atoms with Gasteiger partial charge in [0.1, 0.15) is 5.76 Å². The van der Waals surface area contributed by atoms with Crippen molar-refractivity contribution in [3.05, 3.63) is 23.3 Å². The van der Waals surface area contributed by atoms with Crippen LogP contribution in [0.1, 0.15) is 12.8 Å². The Balaban J connectivity index is 2.89. The van der Waals surface area contributed by atoms with Crippen molar-refractivity contribution in [3.63, 3.8) is 0 Å². The molecule has 0 radical (unpaired) electrons. The lowest BCUT2D eigenvalue weighted by Crippen LogP contribution is -2.16. The minimum Gasteiger partial charge on any atom is -0.508 e. The highest BCUT2D eigenvalue weighted by Crippen LogP contribution is 2.22. The van der Waals surface area contributed by atoms with E-state index in [0.29, 0.717) is 12.1 Å². The molecule has 3 heteroatoms. The molecule has 2 N–H and O–H groups in total. The van der Waals surface area contributed by atoms with Crippen molar-refractivity contribution >= 4 is 0 Å². The van der Waals surface area contributed by atoms with Crippen LogP contribution in [-0.2, 0) is 0 Å². The highest BCUT2D eigenvalue weighted by molar-refractivity contribution is 5.28. The molecule has 0 aromatic rings. The van der Waals surface area contributed by atoms with Gasteiger partial charge in [-0.3, -0.25) is 0 Å². The van der Waals surface area contributed by atoms with Gasteiger partial charge in [-0.15, -0.1) is 0 Å². The first kappa shape index (κ1) is 7.98. The van der Waals surface area contributed by atoms with Crippen LogP contribution in [0.4, 0.5) is 0 Å². The van der Waals surface area contributed by atoms with Crippen molar-refractivity contribution in [2.75, 3.05) is 14.1 Å². The molecule has 0 fully saturated rings. The van der Waals surface area contributed by atoms with E-state index in [1.54, 1.807) is 4.90 Å². The second-order valence-corrected chi connectivity index (χ2v) is 2.82. The van der Waals surface area contributed by atoms with E-state index in [-0.39, 0.29) is 11.5 Å². The van der Waals surface area contributed by atoms with Gasteiger partial charge < -0.3 is 15.1 Å². The number of nitrogens with zero attached hydrogens (tertiary/aromatic N) is 1. The monoisotopic (exact) mass is 155 g/mol. The Bertz CT molecular complexity index is 216. The molecule has 3 nitrogen and oxygen atoms in total. The predicted octanol–water partition coefficient (Wildman–Crippen LogP) is 1.55. The van der Waals surface area contributed by atoms with Crippen LogP contribution in [0.3, 0.4) is 0 Å². The molecule has 0 bridgehead atoms. The van der Waals surface area contributed by atoms with E-state index in [1.807, 2.05) is 20.2 Å². The summed E-state index contributed by atoms with van der Waals surface area (Å²) in [5.74, 6) is 0.109. The summed E-state index contributed by atoms with van der Waals surface area (Å²) < 4.78 is 0. The Labute approximate surface area is 66.3 Å². The molecule has 11 heavy (non-hydrogen) atoms. The third-order valence-electron chi connectivity index (χ3n) is 1.72. The molecule has 0 atom stereocenters. The maximum atomic E-state index is 9.33. The van der Waals surface area contributed by atoms with Gasteiger partial charge in [-0.25, -0.2) is 0 Å². The molecule has 0 amide bonds. The number of allylic oxidation sites excluding steroid dienone is 2. The highest BCUT2D eigenvalue weighted by atomic mass is 16.3. The second-order valence-electron chi connectivity index (χ2n) is 2.82.